The fourth-order valence-corrected chi connectivity index (χ4v) is 3.63. The van der Waals surface area contributed by atoms with E-state index in [1.807, 2.05) is 36.6 Å². The van der Waals surface area contributed by atoms with Crippen molar-refractivity contribution in [1.82, 2.24) is 9.55 Å². The molecule has 0 aliphatic carbocycles. The van der Waals surface area contributed by atoms with E-state index >= 15 is 0 Å². The van der Waals surface area contributed by atoms with Gasteiger partial charge in [-0.25, -0.2) is 13.4 Å². The van der Waals surface area contributed by atoms with Gasteiger partial charge in [-0.15, -0.1) is 0 Å². The van der Waals surface area contributed by atoms with E-state index in [0.717, 1.165) is 11.9 Å². The number of sulfonamides is 1. The molecule has 7 nitrogen and oxygen atoms in total. The lowest BCUT2D eigenvalue weighted by atomic mass is 10.2. The van der Waals surface area contributed by atoms with Crippen LogP contribution in [-0.4, -0.2) is 36.4 Å². The van der Waals surface area contributed by atoms with E-state index in [2.05, 4.69) is 15.0 Å². The van der Waals surface area contributed by atoms with Gasteiger partial charge in [-0.3, -0.25) is 14.1 Å². The molecule has 2 aromatic carbocycles. The lowest BCUT2D eigenvalue weighted by Gasteiger charge is -2.12. The standard InChI is InChI=1S/C18H18N4O3S2/c1-26-18-19-12-16(22(18)15-9-4-3-5-10-15)17(23)20-13-7-6-8-14(11-13)21-27(2,24)25/h3-12,21H,1-2H3,(H,20,23). The van der Waals surface area contributed by atoms with Crippen molar-refractivity contribution in [3.8, 4) is 5.69 Å². The second-order valence-electron chi connectivity index (χ2n) is 5.71. The van der Waals surface area contributed by atoms with Crippen molar-refractivity contribution < 1.29 is 13.2 Å². The highest BCUT2D eigenvalue weighted by atomic mass is 32.2. The average molecular weight is 403 g/mol. The summed E-state index contributed by atoms with van der Waals surface area (Å²) in [5.74, 6) is -0.344. The Balaban J connectivity index is 1.90. The number of imidazole rings is 1. The maximum Gasteiger partial charge on any atom is 0.274 e. The van der Waals surface area contributed by atoms with Crippen molar-refractivity contribution in [1.29, 1.82) is 0 Å². The summed E-state index contributed by atoms with van der Waals surface area (Å²) < 4.78 is 26.9. The number of rotatable bonds is 6. The Labute approximate surface area is 161 Å². The second-order valence-corrected chi connectivity index (χ2v) is 8.23. The number of aromatic nitrogens is 2. The van der Waals surface area contributed by atoms with Crippen molar-refractivity contribution >= 4 is 39.1 Å². The van der Waals surface area contributed by atoms with Crippen LogP contribution in [0.15, 0.2) is 66.0 Å². The number of nitrogens with one attached hydrogen (secondary N) is 2. The molecule has 0 fully saturated rings. The molecule has 2 N–H and O–H groups in total. The molecule has 1 aromatic heterocycles. The Hall–Kier alpha value is -2.78. The highest BCUT2D eigenvalue weighted by Crippen LogP contribution is 2.23. The first-order chi connectivity index (χ1) is 12.9. The van der Waals surface area contributed by atoms with Gasteiger partial charge < -0.3 is 5.32 Å². The Morgan fingerprint density at radius 2 is 1.78 bits per heavy atom. The number of thioether (sulfide) groups is 1. The molecule has 3 rings (SSSR count). The fourth-order valence-electron chi connectivity index (χ4n) is 2.54. The first-order valence-electron chi connectivity index (χ1n) is 7.94. The van der Waals surface area contributed by atoms with Crippen molar-refractivity contribution in [2.24, 2.45) is 0 Å². The molecule has 0 radical (unpaired) electrons. The van der Waals surface area contributed by atoms with Gasteiger partial charge in [0.15, 0.2) is 5.16 Å². The quantitative estimate of drug-likeness (QED) is 0.618. The largest absolute Gasteiger partial charge is 0.321 e. The Bertz CT molecular complexity index is 1060. The number of nitrogens with zero attached hydrogens (tertiary/aromatic N) is 2. The van der Waals surface area contributed by atoms with Crippen molar-refractivity contribution in [3.05, 3.63) is 66.5 Å². The summed E-state index contributed by atoms with van der Waals surface area (Å²) in [7, 11) is -3.40. The third kappa shape index (κ3) is 4.69. The molecule has 9 heteroatoms. The topological polar surface area (TPSA) is 93.1 Å². The van der Waals surface area contributed by atoms with Crippen LogP contribution in [0.3, 0.4) is 0 Å². The molecule has 0 saturated heterocycles. The molecule has 0 aliphatic heterocycles. The summed E-state index contributed by atoms with van der Waals surface area (Å²) >= 11 is 1.44. The maximum atomic E-state index is 12.8. The highest BCUT2D eigenvalue weighted by molar-refractivity contribution is 7.98. The van der Waals surface area contributed by atoms with E-state index in [4.69, 9.17) is 0 Å². The highest BCUT2D eigenvalue weighted by Gasteiger charge is 2.18. The van der Waals surface area contributed by atoms with Crippen molar-refractivity contribution in [2.45, 2.75) is 5.16 Å². The van der Waals surface area contributed by atoms with E-state index in [1.165, 1.54) is 18.0 Å². The summed E-state index contributed by atoms with van der Waals surface area (Å²) in [4.78, 5) is 17.1. The van der Waals surface area contributed by atoms with Crippen LogP contribution in [0.4, 0.5) is 11.4 Å². The second kappa shape index (κ2) is 7.85. The molecule has 0 atom stereocenters. The fraction of sp³-hybridized carbons (Fsp3) is 0.111. The zero-order chi connectivity index (χ0) is 19.4. The lowest BCUT2D eigenvalue weighted by molar-refractivity contribution is 0.102. The zero-order valence-electron chi connectivity index (χ0n) is 14.7. The number of carbonyl (C=O) groups is 1. The van der Waals surface area contributed by atoms with Gasteiger partial charge in [-0.1, -0.05) is 36.0 Å². The molecule has 0 saturated carbocycles. The number of hydrogen-bond acceptors (Lipinski definition) is 5. The van der Waals surface area contributed by atoms with Gasteiger partial charge >= 0.3 is 0 Å². The van der Waals surface area contributed by atoms with Gasteiger partial charge in [-0.05, 0) is 36.6 Å². The number of hydrogen-bond donors (Lipinski definition) is 2. The van der Waals surface area contributed by atoms with E-state index in [0.29, 0.717) is 22.2 Å². The molecule has 1 amide bonds. The van der Waals surface area contributed by atoms with Gasteiger partial charge in [0.2, 0.25) is 10.0 Å². The first-order valence-corrected chi connectivity index (χ1v) is 11.1. The molecule has 0 aliphatic rings. The van der Waals surface area contributed by atoms with Crippen molar-refractivity contribution in [3.63, 3.8) is 0 Å². The van der Waals surface area contributed by atoms with Gasteiger partial charge in [0, 0.05) is 11.4 Å². The van der Waals surface area contributed by atoms with Crippen LogP contribution in [-0.2, 0) is 10.0 Å². The molecule has 0 unspecified atom stereocenters. The minimum Gasteiger partial charge on any atom is -0.321 e. The monoisotopic (exact) mass is 402 g/mol. The third-order valence-corrected chi connectivity index (χ3v) is 4.84. The van der Waals surface area contributed by atoms with Crippen LogP contribution in [0.2, 0.25) is 0 Å². The van der Waals surface area contributed by atoms with Crippen LogP contribution in [0.1, 0.15) is 10.5 Å². The number of carbonyl (C=O) groups excluding carboxylic acids is 1. The number of anilines is 2. The summed E-state index contributed by atoms with van der Waals surface area (Å²) in [5.41, 5.74) is 2.06. The summed E-state index contributed by atoms with van der Waals surface area (Å²) in [5, 5.41) is 3.48. The number of benzene rings is 2. The molecule has 0 bridgehead atoms. The molecular formula is C18H18N4O3S2. The molecule has 0 spiro atoms. The normalized spacial score (nSPS) is 11.2. The predicted molar refractivity (Wildman–Crippen MR) is 108 cm³/mol. The predicted octanol–water partition coefficient (Wildman–Crippen LogP) is 3.22. The minimum atomic E-state index is -3.40. The molecule has 27 heavy (non-hydrogen) atoms. The summed E-state index contributed by atoms with van der Waals surface area (Å²) in [6, 6.07) is 16.0. The summed E-state index contributed by atoms with van der Waals surface area (Å²) in [6.45, 7) is 0. The van der Waals surface area contributed by atoms with Crippen molar-refractivity contribution in [2.75, 3.05) is 22.6 Å². The van der Waals surface area contributed by atoms with Gasteiger partial charge in [0.05, 0.1) is 18.1 Å². The van der Waals surface area contributed by atoms with E-state index in [9.17, 15) is 13.2 Å². The van der Waals surface area contributed by atoms with Crippen LogP contribution in [0.5, 0.6) is 0 Å². The van der Waals surface area contributed by atoms with Crippen LogP contribution in [0, 0.1) is 0 Å². The first kappa shape index (κ1) is 19.0. The van der Waals surface area contributed by atoms with E-state index < -0.39 is 10.0 Å². The van der Waals surface area contributed by atoms with Gasteiger partial charge in [0.1, 0.15) is 5.69 Å². The Morgan fingerprint density at radius 1 is 1.07 bits per heavy atom. The lowest BCUT2D eigenvalue weighted by Crippen LogP contribution is -2.17. The van der Waals surface area contributed by atoms with Crippen LogP contribution >= 0.6 is 11.8 Å². The van der Waals surface area contributed by atoms with E-state index in [-0.39, 0.29) is 5.91 Å². The molecule has 140 valence electrons. The third-order valence-electron chi connectivity index (χ3n) is 3.58. The number of amides is 1. The Morgan fingerprint density at radius 3 is 2.44 bits per heavy atom. The molecule has 3 aromatic rings. The Kier molecular flexibility index (Phi) is 5.52. The SMILES string of the molecule is CSc1ncc(C(=O)Nc2cccc(NS(C)(=O)=O)c2)n1-c1ccccc1. The van der Waals surface area contributed by atoms with Gasteiger partial charge in [0.25, 0.3) is 5.91 Å². The maximum absolute atomic E-state index is 12.8. The van der Waals surface area contributed by atoms with Crippen LogP contribution < -0.4 is 10.0 Å². The molecular weight excluding hydrogens is 384 g/mol. The molecule has 1 heterocycles. The summed E-state index contributed by atoms with van der Waals surface area (Å²) in [6.07, 6.45) is 4.48. The number of para-hydroxylation sites is 1. The minimum absolute atomic E-state index is 0.344. The average Bonchev–Trinajstić information content (AvgIpc) is 3.05. The smallest absolute Gasteiger partial charge is 0.274 e. The van der Waals surface area contributed by atoms with Gasteiger partial charge in [-0.2, -0.15) is 0 Å². The van der Waals surface area contributed by atoms with E-state index in [1.54, 1.807) is 28.8 Å². The zero-order valence-corrected chi connectivity index (χ0v) is 16.3. The van der Waals surface area contributed by atoms with Crippen LogP contribution in [0.25, 0.3) is 5.69 Å².